The molecule has 0 spiro atoms. The lowest BCUT2D eigenvalue weighted by atomic mass is 10.1. The van der Waals surface area contributed by atoms with Crippen LogP contribution in [0, 0.1) is 0 Å². The number of nitrogens with two attached hydrogens (primary N) is 2. The van der Waals surface area contributed by atoms with Gasteiger partial charge in [-0.15, -0.1) is 0 Å². The average Bonchev–Trinajstić information content (AvgIpc) is 2.86. The summed E-state index contributed by atoms with van der Waals surface area (Å²) >= 11 is 0. The number of aromatic nitrogens is 1. The number of fused-ring (bicyclic) bond motifs is 1. The van der Waals surface area contributed by atoms with Crippen molar-refractivity contribution in [3.8, 4) is 5.75 Å². The number of nitrogens with one attached hydrogen (secondary N) is 1. The van der Waals surface area contributed by atoms with Crippen LogP contribution in [0.3, 0.4) is 0 Å². The molecular formula is C16H22N4O2. The highest BCUT2D eigenvalue weighted by molar-refractivity contribution is 5.86. The van der Waals surface area contributed by atoms with Crippen molar-refractivity contribution in [3.63, 3.8) is 0 Å². The number of rotatable bonds is 4. The number of carbonyl (C=O) groups excluding carboxylic acids is 1. The molecule has 1 amide bonds. The summed E-state index contributed by atoms with van der Waals surface area (Å²) in [7, 11) is 0. The van der Waals surface area contributed by atoms with Gasteiger partial charge in [-0.1, -0.05) is 0 Å². The maximum atomic E-state index is 10.9. The molecule has 22 heavy (non-hydrogen) atoms. The third kappa shape index (κ3) is 2.93. The Kier molecular flexibility index (Phi) is 4.31. The van der Waals surface area contributed by atoms with E-state index in [4.69, 9.17) is 16.2 Å². The molecule has 3 rings (SSSR count). The van der Waals surface area contributed by atoms with Crippen LogP contribution in [0.4, 0.5) is 4.79 Å². The number of benzene rings is 1. The van der Waals surface area contributed by atoms with E-state index in [1.807, 2.05) is 12.1 Å². The molecule has 2 aromatic rings. The Balaban J connectivity index is 2.03. The fourth-order valence-corrected chi connectivity index (χ4v) is 3.23. The molecule has 6 heteroatoms. The second kappa shape index (κ2) is 6.37. The summed E-state index contributed by atoms with van der Waals surface area (Å²) in [4.78, 5) is 10.9. The Hall–Kier alpha value is -2.05. The Bertz CT molecular complexity index is 674. The number of hydrogen-bond donors (Lipinski definition) is 3. The lowest BCUT2D eigenvalue weighted by Crippen LogP contribution is -2.29. The number of ether oxygens (including phenoxy) is 1. The predicted molar refractivity (Wildman–Crippen MR) is 86.0 cm³/mol. The van der Waals surface area contributed by atoms with E-state index in [0.717, 1.165) is 43.3 Å². The Morgan fingerprint density at radius 1 is 1.36 bits per heavy atom. The molecule has 2 heterocycles. The molecule has 1 aliphatic heterocycles. The van der Waals surface area contributed by atoms with Crippen LogP contribution in [0.25, 0.3) is 10.9 Å². The summed E-state index contributed by atoms with van der Waals surface area (Å²) in [6, 6.07) is 6.16. The standard InChI is InChI=1S/C16H22N4O2/c17-6-3-11-10-20(12-4-7-19-8-5-12)15-2-1-13(9-14(11)15)22-16(18)21/h1-2,9-10,12,19H,3-8,17H2,(H2,18,21). The predicted octanol–water partition coefficient (Wildman–Crippen LogP) is 1.52. The number of amides is 1. The van der Waals surface area contributed by atoms with Crippen LogP contribution >= 0.6 is 0 Å². The van der Waals surface area contributed by atoms with Gasteiger partial charge in [0.25, 0.3) is 0 Å². The SMILES string of the molecule is NCCc1cn(C2CCNCC2)c2ccc(OC(N)=O)cc12. The van der Waals surface area contributed by atoms with E-state index in [0.29, 0.717) is 18.3 Å². The fraction of sp³-hybridized carbons (Fsp3) is 0.438. The van der Waals surface area contributed by atoms with E-state index in [1.165, 1.54) is 5.56 Å². The number of piperidine rings is 1. The molecule has 0 radical (unpaired) electrons. The van der Waals surface area contributed by atoms with E-state index >= 15 is 0 Å². The van der Waals surface area contributed by atoms with Gasteiger partial charge < -0.3 is 26.1 Å². The van der Waals surface area contributed by atoms with Gasteiger partial charge in [-0.3, -0.25) is 0 Å². The molecule has 1 aliphatic rings. The number of primary amides is 1. The van der Waals surface area contributed by atoms with Gasteiger partial charge in [0, 0.05) is 23.1 Å². The van der Waals surface area contributed by atoms with Crippen molar-refractivity contribution in [2.75, 3.05) is 19.6 Å². The van der Waals surface area contributed by atoms with Crippen LogP contribution < -0.4 is 21.5 Å². The van der Waals surface area contributed by atoms with E-state index in [9.17, 15) is 4.79 Å². The zero-order valence-corrected chi connectivity index (χ0v) is 12.5. The lowest BCUT2D eigenvalue weighted by Gasteiger charge is -2.25. The minimum atomic E-state index is -0.794. The lowest BCUT2D eigenvalue weighted by molar-refractivity contribution is 0.211. The first-order valence-electron chi connectivity index (χ1n) is 7.70. The molecule has 0 aliphatic carbocycles. The third-order valence-corrected chi connectivity index (χ3v) is 4.22. The number of nitrogens with zero attached hydrogens (tertiary/aromatic N) is 1. The van der Waals surface area contributed by atoms with Gasteiger partial charge in [0.1, 0.15) is 5.75 Å². The van der Waals surface area contributed by atoms with Crippen LogP contribution in [0.1, 0.15) is 24.4 Å². The Morgan fingerprint density at radius 2 is 2.14 bits per heavy atom. The summed E-state index contributed by atoms with van der Waals surface area (Å²) < 4.78 is 7.34. The Labute approximate surface area is 129 Å². The molecule has 0 atom stereocenters. The molecule has 6 nitrogen and oxygen atoms in total. The van der Waals surface area contributed by atoms with Crippen LogP contribution in [-0.2, 0) is 6.42 Å². The highest BCUT2D eigenvalue weighted by Gasteiger charge is 2.19. The van der Waals surface area contributed by atoms with Crippen molar-refractivity contribution in [2.45, 2.75) is 25.3 Å². The van der Waals surface area contributed by atoms with Crippen LogP contribution in [0.15, 0.2) is 24.4 Å². The molecule has 0 unspecified atom stereocenters. The van der Waals surface area contributed by atoms with Gasteiger partial charge in [0.2, 0.25) is 0 Å². The van der Waals surface area contributed by atoms with Crippen LogP contribution in [0.5, 0.6) is 5.75 Å². The van der Waals surface area contributed by atoms with Crippen molar-refractivity contribution in [2.24, 2.45) is 11.5 Å². The number of carbonyl (C=O) groups is 1. The molecule has 1 saturated heterocycles. The molecule has 1 aromatic heterocycles. The third-order valence-electron chi connectivity index (χ3n) is 4.22. The van der Waals surface area contributed by atoms with Crippen molar-refractivity contribution in [3.05, 3.63) is 30.0 Å². The topological polar surface area (TPSA) is 95.3 Å². The highest BCUT2D eigenvalue weighted by Crippen LogP contribution is 2.31. The summed E-state index contributed by atoms with van der Waals surface area (Å²) in [6.45, 7) is 2.67. The van der Waals surface area contributed by atoms with Crippen molar-refractivity contribution >= 4 is 17.0 Å². The molecule has 0 bridgehead atoms. The van der Waals surface area contributed by atoms with Gasteiger partial charge in [-0.25, -0.2) is 4.79 Å². The summed E-state index contributed by atoms with van der Waals surface area (Å²) in [5.41, 5.74) is 13.2. The molecule has 1 aromatic carbocycles. The van der Waals surface area contributed by atoms with Crippen LogP contribution in [0.2, 0.25) is 0 Å². The first-order valence-corrected chi connectivity index (χ1v) is 7.70. The normalized spacial score (nSPS) is 16.0. The van der Waals surface area contributed by atoms with Crippen LogP contribution in [-0.4, -0.2) is 30.3 Å². The van der Waals surface area contributed by atoms with Crippen molar-refractivity contribution < 1.29 is 9.53 Å². The Morgan fingerprint density at radius 3 is 2.82 bits per heavy atom. The summed E-state index contributed by atoms with van der Waals surface area (Å²) in [5, 5.41) is 4.48. The minimum absolute atomic E-state index is 0.473. The van der Waals surface area contributed by atoms with Gasteiger partial charge in [0.15, 0.2) is 0 Å². The molecular weight excluding hydrogens is 280 g/mol. The monoisotopic (exact) mass is 302 g/mol. The van der Waals surface area contributed by atoms with Gasteiger partial charge >= 0.3 is 6.09 Å². The van der Waals surface area contributed by atoms with E-state index in [1.54, 1.807) is 6.07 Å². The van der Waals surface area contributed by atoms with Crippen molar-refractivity contribution in [1.82, 2.24) is 9.88 Å². The summed E-state index contributed by atoms with van der Waals surface area (Å²) in [5.74, 6) is 0.473. The molecule has 1 fully saturated rings. The second-order valence-corrected chi connectivity index (χ2v) is 5.68. The van der Waals surface area contributed by atoms with Crippen molar-refractivity contribution in [1.29, 1.82) is 0 Å². The van der Waals surface area contributed by atoms with Gasteiger partial charge in [-0.05, 0) is 62.7 Å². The van der Waals surface area contributed by atoms with E-state index < -0.39 is 6.09 Å². The zero-order valence-electron chi connectivity index (χ0n) is 12.5. The van der Waals surface area contributed by atoms with E-state index in [2.05, 4.69) is 16.1 Å². The van der Waals surface area contributed by atoms with E-state index in [-0.39, 0.29) is 0 Å². The molecule has 0 saturated carbocycles. The smallest absolute Gasteiger partial charge is 0.409 e. The molecule has 5 N–H and O–H groups in total. The quantitative estimate of drug-likeness (QED) is 0.798. The minimum Gasteiger partial charge on any atom is -0.410 e. The fourth-order valence-electron chi connectivity index (χ4n) is 3.23. The summed E-state index contributed by atoms with van der Waals surface area (Å²) in [6.07, 6.45) is 4.44. The molecule has 118 valence electrons. The number of hydrogen-bond acceptors (Lipinski definition) is 4. The highest BCUT2D eigenvalue weighted by atomic mass is 16.5. The van der Waals surface area contributed by atoms with Gasteiger partial charge in [0.05, 0.1) is 0 Å². The van der Waals surface area contributed by atoms with Gasteiger partial charge in [-0.2, -0.15) is 0 Å². The average molecular weight is 302 g/mol. The first kappa shape index (κ1) is 14.9. The maximum absolute atomic E-state index is 10.9. The first-order chi connectivity index (χ1) is 10.7. The zero-order chi connectivity index (χ0) is 15.5. The largest absolute Gasteiger partial charge is 0.410 e. The second-order valence-electron chi connectivity index (χ2n) is 5.68. The maximum Gasteiger partial charge on any atom is 0.409 e.